The van der Waals surface area contributed by atoms with E-state index < -0.39 is 23.4 Å². The van der Waals surface area contributed by atoms with E-state index in [-0.39, 0.29) is 35.6 Å². The van der Waals surface area contributed by atoms with Crippen LogP contribution in [0.3, 0.4) is 0 Å². The van der Waals surface area contributed by atoms with Crippen LogP contribution < -0.4 is 20.1 Å². The molecule has 36 heavy (non-hydrogen) atoms. The molecule has 1 aromatic carbocycles. The number of aromatic nitrogens is 3. The summed E-state index contributed by atoms with van der Waals surface area (Å²) >= 11 is 0. The summed E-state index contributed by atoms with van der Waals surface area (Å²) in [5.41, 5.74) is -1.22. The maximum Gasteiger partial charge on any atom is 0.433 e. The highest BCUT2D eigenvalue weighted by atomic mass is 19.4. The van der Waals surface area contributed by atoms with Gasteiger partial charge in [0.1, 0.15) is 23.9 Å². The molecule has 12 heteroatoms. The second-order valence-corrected chi connectivity index (χ2v) is 9.14. The Kier molecular flexibility index (Phi) is 5.18. The molecule has 2 bridgehead atoms. The number of alkyl halides is 3. The summed E-state index contributed by atoms with van der Waals surface area (Å²) in [7, 11) is 0. The quantitative estimate of drug-likeness (QED) is 0.488. The molecule has 2 saturated heterocycles. The van der Waals surface area contributed by atoms with Crippen molar-refractivity contribution in [1.82, 2.24) is 14.5 Å². The third kappa shape index (κ3) is 3.94. The monoisotopic (exact) mass is 504 g/mol. The van der Waals surface area contributed by atoms with Crippen LogP contribution in [-0.2, 0) is 24.1 Å². The van der Waals surface area contributed by atoms with Gasteiger partial charge in [-0.1, -0.05) is 6.07 Å². The predicted octanol–water partition coefficient (Wildman–Crippen LogP) is 3.92. The van der Waals surface area contributed by atoms with E-state index in [4.69, 9.17) is 14.2 Å². The van der Waals surface area contributed by atoms with Gasteiger partial charge in [0.05, 0.1) is 18.2 Å². The smallest absolute Gasteiger partial charge is 0.433 e. The van der Waals surface area contributed by atoms with E-state index in [1.165, 1.54) is 18.2 Å². The Morgan fingerprint density at radius 1 is 1.19 bits per heavy atom. The molecule has 188 valence electrons. The van der Waals surface area contributed by atoms with Gasteiger partial charge in [-0.2, -0.15) is 18.2 Å². The number of ether oxygens (including phenoxy) is 3. The first kappa shape index (κ1) is 22.8. The lowest BCUT2D eigenvalue weighted by Gasteiger charge is -2.44. The van der Waals surface area contributed by atoms with Crippen LogP contribution >= 0.6 is 0 Å². The number of fused-ring (bicyclic) bond motifs is 3. The second kappa shape index (κ2) is 8.19. The molecular weight excluding hydrogens is 484 g/mol. The Bertz CT molecular complexity index is 1400. The van der Waals surface area contributed by atoms with E-state index in [0.29, 0.717) is 31.3 Å². The van der Waals surface area contributed by atoms with Crippen molar-refractivity contribution in [2.75, 3.05) is 18.1 Å². The summed E-state index contributed by atoms with van der Waals surface area (Å²) < 4.78 is 71.6. The van der Waals surface area contributed by atoms with Crippen LogP contribution in [0.2, 0.25) is 0 Å². The number of pyridine rings is 1. The molecule has 0 unspecified atom stereocenters. The Hall–Kier alpha value is -3.67. The number of morpholine rings is 1. The van der Waals surface area contributed by atoms with E-state index >= 15 is 0 Å². The van der Waals surface area contributed by atoms with Crippen molar-refractivity contribution in [3.8, 4) is 17.4 Å². The molecule has 8 nitrogen and oxygen atoms in total. The van der Waals surface area contributed by atoms with Gasteiger partial charge in [-0.15, -0.1) is 0 Å². The molecule has 0 saturated carbocycles. The van der Waals surface area contributed by atoms with E-state index in [9.17, 15) is 22.4 Å². The molecule has 2 atom stereocenters. The first-order valence-corrected chi connectivity index (χ1v) is 11.3. The standard InChI is InChI=1S/C24H20F4N4O4/c25-17-7-14(1-2-18(17)36-15-3-5-29-19(8-15)24(26,27)28)12-34-20-9-21-31(22(33)30-20)6-4-23-10-16(35-13-23)11-32(21)23/h1-3,5,7-9,16H,4,6,10-13H2/t16-,23-/m0/s1. The Morgan fingerprint density at radius 3 is 2.83 bits per heavy atom. The first-order chi connectivity index (χ1) is 17.2. The van der Waals surface area contributed by atoms with Crippen molar-refractivity contribution in [2.24, 2.45) is 0 Å². The molecule has 5 heterocycles. The van der Waals surface area contributed by atoms with E-state index in [1.807, 2.05) is 0 Å². The molecular formula is C24H20F4N4O4. The van der Waals surface area contributed by atoms with Gasteiger partial charge in [0, 0.05) is 37.8 Å². The van der Waals surface area contributed by atoms with Gasteiger partial charge in [-0.3, -0.25) is 9.55 Å². The number of hydrogen-bond acceptors (Lipinski definition) is 7. The lowest BCUT2D eigenvalue weighted by molar-refractivity contribution is -0.141. The summed E-state index contributed by atoms with van der Waals surface area (Å²) in [5.74, 6) is -0.357. The fourth-order valence-corrected chi connectivity index (χ4v) is 5.09. The number of hydrogen-bond donors (Lipinski definition) is 0. The lowest BCUT2D eigenvalue weighted by atomic mass is 9.92. The van der Waals surface area contributed by atoms with E-state index in [0.717, 1.165) is 30.9 Å². The van der Waals surface area contributed by atoms with Crippen LogP contribution in [0.4, 0.5) is 23.4 Å². The third-order valence-corrected chi connectivity index (χ3v) is 6.83. The zero-order valence-electron chi connectivity index (χ0n) is 18.8. The molecule has 1 spiro atoms. The van der Waals surface area contributed by atoms with Crippen molar-refractivity contribution in [2.45, 2.75) is 43.8 Å². The molecule has 2 aromatic heterocycles. The summed E-state index contributed by atoms with van der Waals surface area (Å²) in [6.07, 6.45) is -1.79. The summed E-state index contributed by atoms with van der Waals surface area (Å²) in [6, 6.07) is 7.58. The highest BCUT2D eigenvalue weighted by molar-refractivity contribution is 5.50. The van der Waals surface area contributed by atoms with Gasteiger partial charge in [-0.25, -0.2) is 9.18 Å². The fourth-order valence-electron chi connectivity index (χ4n) is 5.09. The fraction of sp³-hybridized carbons (Fsp3) is 0.375. The van der Waals surface area contributed by atoms with Gasteiger partial charge >= 0.3 is 11.9 Å². The minimum Gasteiger partial charge on any atom is -0.473 e. The number of rotatable bonds is 5. The van der Waals surface area contributed by atoms with Gasteiger partial charge < -0.3 is 19.1 Å². The third-order valence-electron chi connectivity index (χ3n) is 6.83. The number of benzene rings is 1. The number of nitrogens with zero attached hydrogens (tertiary/aromatic N) is 4. The van der Waals surface area contributed by atoms with Gasteiger partial charge in [0.15, 0.2) is 11.6 Å². The Labute approximate surface area is 202 Å². The van der Waals surface area contributed by atoms with Crippen LogP contribution in [0.15, 0.2) is 47.4 Å². The van der Waals surface area contributed by atoms with Crippen molar-refractivity contribution in [3.05, 3.63) is 70.2 Å². The summed E-state index contributed by atoms with van der Waals surface area (Å²) in [5, 5.41) is 0. The van der Waals surface area contributed by atoms with Crippen molar-refractivity contribution in [1.29, 1.82) is 0 Å². The maximum atomic E-state index is 14.6. The van der Waals surface area contributed by atoms with Crippen LogP contribution in [-0.4, -0.2) is 39.3 Å². The molecule has 3 aliphatic rings. The molecule has 0 radical (unpaired) electrons. The minimum absolute atomic E-state index is 0.0720. The normalized spacial score (nSPS) is 22.3. The molecule has 0 N–H and O–H groups in total. The molecule has 6 rings (SSSR count). The number of halogens is 4. The van der Waals surface area contributed by atoms with Crippen molar-refractivity contribution >= 4 is 5.82 Å². The Balaban J connectivity index is 1.17. The zero-order valence-corrected chi connectivity index (χ0v) is 18.8. The van der Waals surface area contributed by atoms with Crippen LogP contribution in [0, 0.1) is 5.82 Å². The summed E-state index contributed by atoms with van der Waals surface area (Å²) in [6.45, 7) is 1.83. The second-order valence-electron chi connectivity index (χ2n) is 9.14. The number of anilines is 1. The van der Waals surface area contributed by atoms with Crippen LogP contribution in [0.5, 0.6) is 17.4 Å². The average Bonchev–Trinajstić information content (AvgIpc) is 3.42. The highest BCUT2D eigenvalue weighted by Gasteiger charge is 2.54. The molecule has 3 aromatic rings. The van der Waals surface area contributed by atoms with E-state index in [2.05, 4.69) is 14.9 Å². The van der Waals surface area contributed by atoms with Gasteiger partial charge in [0.2, 0.25) is 5.88 Å². The lowest BCUT2D eigenvalue weighted by Crippen LogP contribution is -2.54. The van der Waals surface area contributed by atoms with Gasteiger partial charge in [-0.05, 0) is 30.2 Å². The first-order valence-electron chi connectivity index (χ1n) is 11.3. The van der Waals surface area contributed by atoms with Crippen LogP contribution in [0.25, 0.3) is 0 Å². The maximum absolute atomic E-state index is 14.6. The average molecular weight is 504 g/mol. The molecule has 3 aliphatic heterocycles. The molecule has 0 aliphatic carbocycles. The van der Waals surface area contributed by atoms with Gasteiger partial charge in [0.25, 0.3) is 0 Å². The van der Waals surface area contributed by atoms with Crippen molar-refractivity contribution < 1.29 is 31.8 Å². The van der Waals surface area contributed by atoms with Crippen molar-refractivity contribution in [3.63, 3.8) is 0 Å². The SMILES string of the molecule is O=c1nc(OCc2ccc(Oc3ccnc(C(F)(F)F)c3)c(F)c2)cc2n1CC[C@]13CO[C@H](CN21)C3. The molecule has 2 fully saturated rings. The van der Waals surface area contributed by atoms with E-state index in [1.54, 1.807) is 10.6 Å². The topological polar surface area (TPSA) is 78.7 Å². The zero-order chi connectivity index (χ0) is 25.1. The summed E-state index contributed by atoms with van der Waals surface area (Å²) in [4.78, 5) is 22.1. The highest BCUT2D eigenvalue weighted by Crippen LogP contribution is 2.46. The van der Waals surface area contributed by atoms with Crippen LogP contribution in [0.1, 0.15) is 24.1 Å². The largest absolute Gasteiger partial charge is 0.473 e. The molecule has 0 amide bonds. The minimum atomic E-state index is -4.64. The predicted molar refractivity (Wildman–Crippen MR) is 118 cm³/mol. The Morgan fingerprint density at radius 2 is 2.06 bits per heavy atom.